The van der Waals surface area contributed by atoms with Crippen LogP contribution in [0, 0.1) is 0 Å². The summed E-state index contributed by atoms with van der Waals surface area (Å²) in [5.41, 5.74) is 2.51. The molecule has 0 fully saturated rings. The molecule has 2 aromatic heterocycles. The molecule has 0 aromatic carbocycles. The highest BCUT2D eigenvalue weighted by Gasteiger charge is 2.14. The maximum Gasteiger partial charge on any atom is 0.0975 e. The predicted octanol–water partition coefficient (Wildman–Crippen LogP) is 3.75. The molecule has 0 atom stereocenters. The van der Waals surface area contributed by atoms with Gasteiger partial charge in [-0.25, -0.2) is 4.98 Å². The molecule has 0 saturated heterocycles. The molecular weight excluding hydrogens is 266 g/mol. The Bertz CT molecular complexity index is 532. The molecule has 0 aliphatic rings. The Hall–Kier alpha value is -1.26. The summed E-state index contributed by atoms with van der Waals surface area (Å²) in [5.74, 6) is 0.474. The molecule has 3 nitrogen and oxygen atoms in total. The van der Waals surface area contributed by atoms with Crippen molar-refractivity contribution < 1.29 is 0 Å². The van der Waals surface area contributed by atoms with Crippen molar-refractivity contribution in [1.29, 1.82) is 0 Å². The quantitative estimate of drug-likeness (QED) is 0.880. The molecule has 0 saturated carbocycles. The topological polar surface area (TPSA) is 37.8 Å². The van der Waals surface area contributed by atoms with Gasteiger partial charge in [-0.2, -0.15) is 0 Å². The summed E-state index contributed by atoms with van der Waals surface area (Å²) in [7, 11) is 0. The molecule has 1 N–H and O–H groups in total. The van der Waals surface area contributed by atoms with Gasteiger partial charge in [0.1, 0.15) is 0 Å². The Balaban J connectivity index is 2.16. The fourth-order valence-electron chi connectivity index (χ4n) is 2.04. The lowest BCUT2D eigenvalue weighted by Crippen LogP contribution is -2.22. The summed E-state index contributed by atoms with van der Waals surface area (Å²) >= 11 is 1.83. The molecule has 0 spiro atoms. The second-order valence-electron chi connectivity index (χ2n) is 5.64. The van der Waals surface area contributed by atoms with E-state index in [0.717, 1.165) is 13.0 Å². The zero-order valence-corrected chi connectivity index (χ0v) is 13.5. The third kappa shape index (κ3) is 4.12. The molecule has 108 valence electrons. The highest BCUT2D eigenvalue weighted by Crippen LogP contribution is 2.26. The minimum absolute atomic E-state index is 0.474. The summed E-state index contributed by atoms with van der Waals surface area (Å²) in [6.07, 6.45) is 4.58. The SMILES string of the molecule is CC(C)NCc1sc(Cc2ccncc2)nc1C(C)C. The number of thiazole rings is 1. The van der Waals surface area contributed by atoms with Gasteiger partial charge in [-0.05, 0) is 23.6 Å². The number of aromatic nitrogens is 2. The molecule has 20 heavy (non-hydrogen) atoms. The largest absolute Gasteiger partial charge is 0.310 e. The van der Waals surface area contributed by atoms with Crippen molar-refractivity contribution in [2.45, 2.75) is 52.6 Å². The molecule has 0 radical (unpaired) electrons. The van der Waals surface area contributed by atoms with Crippen molar-refractivity contribution in [3.63, 3.8) is 0 Å². The first-order valence-corrected chi connectivity index (χ1v) is 7.98. The Kier molecular flexibility index (Phi) is 5.26. The van der Waals surface area contributed by atoms with E-state index in [1.54, 1.807) is 0 Å². The number of nitrogens with one attached hydrogen (secondary N) is 1. The van der Waals surface area contributed by atoms with E-state index in [4.69, 9.17) is 4.98 Å². The smallest absolute Gasteiger partial charge is 0.0975 e. The van der Waals surface area contributed by atoms with Crippen LogP contribution >= 0.6 is 11.3 Å². The third-order valence-electron chi connectivity index (χ3n) is 3.09. The normalized spacial score (nSPS) is 11.5. The fraction of sp³-hybridized carbons (Fsp3) is 0.500. The van der Waals surface area contributed by atoms with Gasteiger partial charge in [-0.3, -0.25) is 4.98 Å². The van der Waals surface area contributed by atoms with E-state index in [2.05, 4.69) is 50.1 Å². The van der Waals surface area contributed by atoms with Gasteiger partial charge in [0.25, 0.3) is 0 Å². The molecular formula is C16H23N3S. The molecule has 0 bridgehead atoms. The van der Waals surface area contributed by atoms with E-state index in [0.29, 0.717) is 12.0 Å². The maximum atomic E-state index is 4.84. The fourth-order valence-corrected chi connectivity index (χ4v) is 3.25. The molecule has 4 heteroatoms. The second kappa shape index (κ2) is 6.95. The summed E-state index contributed by atoms with van der Waals surface area (Å²) < 4.78 is 0. The van der Waals surface area contributed by atoms with E-state index in [1.165, 1.54) is 21.1 Å². The number of hydrogen-bond donors (Lipinski definition) is 1. The second-order valence-corrected chi connectivity index (χ2v) is 6.81. The third-order valence-corrected chi connectivity index (χ3v) is 4.17. The van der Waals surface area contributed by atoms with Crippen molar-refractivity contribution in [3.05, 3.63) is 45.7 Å². The van der Waals surface area contributed by atoms with Crippen LogP contribution in [0.25, 0.3) is 0 Å². The Morgan fingerprint density at radius 1 is 1.15 bits per heavy atom. The lowest BCUT2D eigenvalue weighted by Gasteiger charge is -2.09. The first kappa shape index (κ1) is 15.1. The summed E-state index contributed by atoms with van der Waals surface area (Å²) in [4.78, 5) is 10.3. The van der Waals surface area contributed by atoms with Gasteiger partial charge >= 0.3 is 0 Å². The highest BCUT2D eigenvalue weighted by atomic mass is 32.1. The predicted molar refractivity (Wildman–Crippen MR) is 85.2 cm³/mol. The van der Waals surface area contributed by atoms with Crippen molar-refractivity contribution >= 4 is 11.3 Å². The van der Waals surface area contributed by atoms with E-state index in [9.17, 15) is 0 Å². The van der Waals surface area contributed by atoms with Crippen LogP contribution in [0.3, 0.4) is 0 Å². The van der Waals surface area contributed by atoms with E-state index in [-0.39, 0.29) is 0 Å². The average Bonchev–Trinajstić information content (AvgIpc) is 2.81. The van der Waals surface area contributed by atoms with Crippen LogP contribution in [0.5, 0.6) is 0 Å². The van der Waals surface area contributed by atoms with Crippen molar-refractivity contribution in [2.24, 2.45) is 0 Å². The molecule has 0 aliphatic carbocycles. The van der Waals surface area contributed by atoms with Gasteiger partial charge in [-0.15, -0.1) is 11.3 Å². The maximum absolute atomic E-state index is 4.84. The van der Waals surface area contributed by atoms with Gasteiger partial charge in [0, 0.05) is 36.3 Å². The summed E-state index contributed by atoms with van der Waals surface area (Å²) in [5, 5.41) is 4.69. The lowest BCUT2D eigenvalue weighted by molar-refractivity contribution is 0.588. The van der Waals surface area contributed by atoms with Crippen molar-refractivity contribution in [1.82, 2.24) is 15.3 Å². The van der Waals surface area contributed by atoms with Crippen molar-refractivity contribution in [3.8, 4) is 0 Å². The van der Waals surface area contributed by atoms with E-state index in [1.807, 2.05) is 23.7 Å². The zero-order chi connectivity index (χ0) is 14.5. The Labute approximate surface area is 125 Å². The van der Waals surface area contributed by atoms with Gasteiger partial charge in [0.15, 0.2) is 0 Å². The number of nitrogens with zero attached hydrogens (tertiary/aromatic N) is 2. The molecule has 0 amide bonds. The molecule has 2 aromatic rings. The van der Waals surface area contributed by atoms with Crippen LogP contribution in [0.1, 0.15) is 54.8 Å². The monoisotopic (exact) mass is 289 g/mol. The molecule has 0 aliphatic heterocycles. The van der Waals surface area contributed by atoms with E-state index < -0.39 is 0 Å². The van der Waals surface area contributed by atoms with Gasteiger partial charge < -0.3 is 5.32 Å². The molecule has 2 heterocycles. The number of pyridine rings is 1. The number of rotatable bonds is 6. The van der Waals surface area contributed by atoms with Crippen LogP contribution in [-0.2, 0) is 13.0 Å². The van der Waals surface area contributed by atoms with Crippen LogP contribution in [0.15, 0.2) is 24.5 Å². The first-order chi connectivity index (χ1) is 9.56. The summed E-state index contributed by atoms with van der Waals surface area (Å²) in [6, 6.07) is 4.62. The zero-order valence-electron chi connectivity index (χ0n) is 12.7. The first-order valence-electron chi connectivity index (χ1n) is 7.17. The van der Waals surface area contributed by atoms with Crippen LogP contribution in [0.4, 0.5) is 0 Å². The summed E-state index contributed by atoms with van der Waals surface area (Å²) in [6.45, 7) is 9.69. The van der Waals surface area contributed by atoms with Crippen molar-refractivity contribution in [2.75, 3.05) is 0 Å². The van der Waals surface area contributed by atoms with Crippen LogP contribution in [-0.4, -0.2) is 16.0 Å². The van der Waals surface area contributed by atoms with Gasteiger partial charge in [0.2, 0.25) is 0 Å². The number of hydrogen-bond acceptors (Lipinski definition) is 4. The minimum atomic E-state index is 0.474. The minimum Gasteiger partial charge on any atom is -0.310 e. The average molecular weight is 289 g/mol. The molecule has 0 unspecified atom stereocenters. The molecule has 2 rings (SSSR count). The lowest BCUT2D eigenvalue weighted by atomic mass is 10.1. The van der Waals surface area contributed by atoms with Gasteiger partial charge in [0.05, 0.1) is 10.7 Å². The van der Waals surface area contributed by atoms with Gasteiger partial charge in [-0.1, -0.05) is 27.7 Å². The Morgan fingerprint density at radius 3 is 2.45 bits per heavy atom. The van der Waals surface area contributed by atoms with E-state index >= 15 is 0 Å². The van der Waals surface area contributed by atoms with Crippen LogP contribution < -0.4 is 5.32 Å². The standard InChI is InChI=1S/C16H23N3S/c1-11(2)16-14(10-18-12(3)4)20-15(19-16)9-13-5-7-17-8-6-13/h5-8,11-12,18H,9-10H2,1-4H3. The highest BCUT2D eigenvalue weighted by molar-refractivity contribution is 7.11. The van der Waals surface area contributed by atoms with Crippen LogP contribution in [0.2, 0.25) is 0 Å². The Morgan fingerprint density at radius 2 is 1.85 bits per heavy atom.